The molecule has 7 heteroatoms. The van der Waals surface area contributed by atoms with Crippen LogP contribution in [0.25, 0.3) is 0 Å². The Morgan fingerprint density at radius 1 is 1.25 bits per heavy atom. The lowest BCUT2D eigenvalue weighted by Gasteiger charge is -2.28. The van der Waals surface area contributed by atoms with E-state index >= 15 is 0 Å². The van der Waals surface area contributed by atoms with Crippen LogP contribution in [0, 0.1) is 13.8 Å². The van der Waals surface area contributed by atoms with Crippen molar-refractivity contribution in [2.24, 2.45) is 4.99 Å². The molecule has 0 saturated heterocycles. The van der Waals surface area contributed by atoms with Crippen LogP contribution in [0.5, 0.6) is 0 Å². The maximum atomic E-state index is 13.4. The Morgan fingerprint density at radius 3 is 2.58 bits per heavy atom. The molecule has 0 unspecified atom stereocenters. The number of sulfone groups is 1. The summed E-state index contributed by atoms with van der Waals surface area (Å²) >= 11 is 1.46. The molecule has 130 valence electrons. The maximum absolute atomic E-state index is 13.4. The minimum absolute atomic E-state index is 0.278. The second kappa shape index (κ2) is 6.52. The van der Waals surface area contributed by atoms with Gasteiger partial charge in [-0.15, -0.1) is 0 Å². The van der Waals surface area contributed by atoms with Crippen LogP contribution in [-0.2, 0) is 14.6 Å². The molecule has 1 saturated carbocycles. The second-order valence-corrected chi connectivity index (χ2v) is 9.78. The fourth-order valence-electron chi connectivity index (χ4n) is 3.39. The molecule has 2 aliphatic rings. The van der Waals surface area contributed by atoms with Crippen molar-refractivity contribution in [3.05, 3.63) is 29.3 Å². The summed E-state index contributed by atoms with van der Waals surface area (Å²) in [5, 5.41) is 3.31. The summed E-state index contributed by atoms with van der Waals surface area (Å²) in [5.41, 5.74) is 1.57. The van der Waals surface area contributed by atoms with Gasteiger partial charge in [-0.1, -0.05) is 36.7 Å². The highest BCUT2D eigenvalue weighted by atomic mass is 32.2. The number of amidine groups is 1. The average molecular weight is 367 g/mol. The molecule has 1 aliphatic heterocycles. The Labute approximate surface area is 147 Å². The van der Waals surface area contributed by atoms with Gasteiger partial charge in [0.2, 0.25) is 5.91 Å². The topological polar surface area (TPSA) is 75.6 Å². The standard InChI is InChI=1S/C17H22N2O3S2/c1-12-5-6-13(2)14(11-12)24(21,22)17(7-3-4-8-17)15(20)19-16-18-9-10-23-16/h5-6,11H,3-4,7-10H2,1-2H3,(H,18,19,20). The van der Waals surface area contributed by atoms with E-state index in [1.807, 2.05) is 13.0 Å². The number of nitrogens with one attached hydrogen (secondary N) is 1. The van der Waals surface area contributed by atoms with Gasteiger partial charge in [0.1, 0.15) is 0 Å². The highest BCUT2D eigenvalue weighted by Gasteiger charge is 2.53. The third kappa shape index (κ3) is 2.88. The zero-order valence-electron chi connectivity index (χ0n) is 14.0. The number of nitrogens with zero attached hydrogens (tertiary/aromatic N) is 1. The number of carbonyl (C=O) groups is 1. The van der Waals surface area contributed by atoms with Gasteiger partial charge in [0.15, 0.2) is 19.8 Å². The average Bonchev–Trinajstić information content (AvgIpc) is 3.21. The quantitative estimate of drug-likeness (QED) is 0.892. The molecule has 1 aromatic carbocycles. The number of carbonyl (C=O) groups excluding carboxylic acids is 1. The molecule has 0 bridgehead atoms. The van der Waals surface area contributed by atoms with Crippen molar-refractivity contribution in [3.63, 3.8) is 0 Å². The van der Waals surface area contributed by atoms with E-state index in [-0.39, 0.29) is 4.90 Å². The van der Waals surface area contributed by atoms with Crippen molar-refractivity contribution >= 4 is 32.7 Å². The first-order valence-electron chi connectivity index (χ1n) is 8.17. The molecule has 0 atom stereocenters. The Hall–Kier alpha value is -1.34. The molecular weight excluding hydrogens is 344 g/mol. The molecule has 1 N–H and O–H groups in total. The van der Waals surface area contributed by atoms with Gasteiger partial charge in [0.05, 0.1) is 11.4 Å². The highest BCUT2D eigenvalue weighted by molar-refractivity contribution is 8.14. The minimum atomic E-state index is -3.77. The van der Waals surface area contributed by atoms with E-state index in [0.717, 1.165) is 24.2 Å². The Bertz CT molecular complexity index is 794. The van der Waals surface area contributed by atoms with Gasteiger partial charge < -0.3 is 5.32 Å². The molecule has 1 fully saturated rings. The van der Waals surface area contributed by atoms with Crippen molar-refractivity contribution in [3.8, 4) is 0 Å². The molecular formula is C17H22N2O3S2. The van der Waals surface area contributed by atoms with Gasteiger partial charge >= 0.3 is 0 Å². The third-order valence-electron chi connectivity index (χ3n) is 4.78. The number of hydrogen-bond donors (Lipinski definition) is 1. The third-order valence-corrected chi connectivity index (χ3v) is 8.31. The number of amides is 1. The molecule has 0 aromatic heterocycles. The van der Waals surface area contributed by atoms with E-state index in [9.17, 15) is 13.2 Å². The smallest absolute Gasteiger partial charge is 0.247 e. The number of thioether (sulfide) groups is 1. The molecule has 1 heterocycles. The molecule has 3 rings (SSSR count). The summed E-state index contributed by atoms with van der Waals surface area (Å²) in [7, 11) is -3.77. The van der Waals surface area contributed by atoms with Gasteiger partial charge in [-0.2, -0.15) is 0 Å². The number of rotatable bonds is 3. The summed E-state index contributed by atoms with van der Waals surface area (Å²) in [6.45, 7) is 4.31. The van der Waals surface area contributed by atoms with E-state index in [1.54, 1.807) is 19.1 Å². The number of aryl methyl sites for hydroxylation is 2. The zero-order valence-corrected chi connectivity index (χ0v) is 15.6. The van der Waals surface area contributed by atoms with Gasteiger partial charge in [-0.05, 0) is 43.9 Å². The van der Waals surface area contributed by atoms with Crippen LogP contribution in [0.2, 0.25) is 0 Å². The number of hydrogen-bond acceptors (Lipinski definition) is 5. The molecule has 1 amide bonds. The van der Waals surface area contributed by atoms with Crippen molar-refractivity contribution in [1.29, 1.82) is 0 Å². The van der Waals surface area contributed by atoms with E-state index < -0.39 is 20.5 Å². The van der Waals surface area contributed by atoms with Crippen LogP contribution in [-0.4, -0.2) is 36.5 Å². The number of benzene rings is 1. The Morgan fingerprint density at radius 2 is 1.96 bits per heavy atom. The van der Waals surface area contributed by atoms with E-state index in [1.165, 1.54) is 11.8 Å². The normalized spacial score (nSPS) is 20.0. The van der Waals surface area contributed by atoms with Crippen molar-refractivity contribution in [1.82, 2.24) is 5.32 Å². The first-order chi connectivity index (χ1) is 11.4. The van der Waals surface area contributed by atoms with Gasteiger partial charge in [0.25, 0.3) is 0 Å². The van der Waals surface area contributed by atoms with E-state index in [2.05, 4.69) is 10.3 Å². The van der Waals surface area contributed by atoms with Crippen LogP contribution >= 0.6 is 11.8 Å². The monoisotopic (exact) mass is 366 g/mol. The van der Waals surface area contributed by atoms with Gasteiger partial charge in [-0.25, -0.2) is 8.42 Å². The van der Waals surface area contributed by atoms with Crippen molar-refractivity contribution < 1.29 is 13.2 Å². The van der Waals surface area contributed by atoms with Crippen LogP contribution in [0.1, 0.15) is 36.8 Å². The Kier molecular flexibility index (Phi) is 4.75. The van der Waals surface area contributed by atoms with E-state index in [4.69, 9.17) is 0 Å². The lowest BCUT2D eigenvalue weighted by molar-refractivity contribution is -0.122. The lowest BCUT2D eigenvalue weighted by atomic mass is 10.1. The highest BCUT2D eigenvalue weighted by Crippen LogP contribution is 2.42. The van der Waals surface area contributed by atoms with Crippen LogP contribution < -0.4 is 5.32 Å². The van der Waals surface area contributed by atoms with Crippen molar-refractivity contribution in [2.75, 3.05) is 12.3 Å². The molecule has 5 nitrogen and oxygen atoms in total. The first-order valence-corrected chi connectivity index (χ1v) is 10.6. The molecule has 1 aromatic rings. The zero-order chi connectivity index (χ0) is 17.4. The summed E-state index contributed by atoms with van der Waals surface area (Å²) in [5.74, 6) is 0.404. The van der Waals surface area contributed by atoms with Crippen LogP contribution in [0.3, 0.4) is 0 Å². The fourth-order valence-corrected chi connectivity index (χ4v) is 6.49. The summed E-state index contributed by atoms with van der Waals surface area (Å²) < 4.78 is 25.5. The van der Waals surface area contributed by atoms with Gasteiger partial charge in [-0.3, -0.25) is 9.79 Å². The predicted molar refractivity (Wildman–Crippen MR) is 97.2 cm³/mol. The lowest BCUT2D eigenvalue weighted by Crippen LogP contribution is -2.51. The van der Waals surface area contributed by atoms with Crippen LogP contribution in [0.15, 0.2) is 28.1 Å². The van der Waals surface area contributed by atoms with Gasteiger partial charge in [0, 0.05) is 5.75 Å². The Balaban J connectivity index is 2.03. The number of aliphatic imine (C=N–C) groups is 1. The summed E-state index contributed by atoms with van der Waals surface area (Å²) in [6, 6.07) is 5.37. The predicted octanol–water partition coefficient (Wildman–Crippen LogP) is 2.61. The fraction of sp³-hybridized carbons (Fsp3) is 0.529. The van der Waals surface area contributed by atoms with Crippen molar-refractivity contribution in [2.45, 2.75) is 49.2 Å². The SMILES string of the molecule is Cc1ccc(C)c(S(=O)(=O)C2(C(=O)NC3=NCCS3)CCCC2)c1. The minimum Gasteiger partial charge on any atom is -0.304 e. The summed E-state index contributed by atoms with van der Waals surface area (Å²) in [4.78, 5) is 17.5. The van der Waals surface area contributed by atoms with Crippen LogP contribution in [0.4, 0.5) is 0 Å². The van der Waals surface area contributed by atoms with E-state index in [0.29, 0.717) is 30.1 Å². The maximum Gasteiger partial charge on any atom is 0.247 e. The molecule has 1 aliphatic carbocycles. The first kappa shape index (κ1) is 17.5. The molecule has 0 spiro atoms. The largest absolute Gasteiger partial charge is 0.304 e. The molecule has 0 radical (unpaired) electrons. The second-order valence-electron chi connectivity index (χ2n) is 6.46. The summed E-state index contributed by atoms with van der Waals surface area (Å²) in [6.07, 6.45) is 2.23. The molecule has 24 heavy (non-hydrogen) atoms.